The van der Waals surface area contributed by atoms with E-state index in [-0.39, 0.29) is 24.8 Å². The average Bonchev–Trinajstić information content (AvgIpc) is 3.40. The molecule has 0 aliphatic carbocycles. The number of halogens is 2. The van der Waals surface area contributed by atoms with Gasteiger partial charge in [0.1, 0.15) is 0 Å². The summed E-state index contributed by atoms with van der Waals surface area (Å²) in [4.78, 5) is 0. The molecule has 0 saturated carbocycles. The third kappa shape index (κ3) is 10.4. The molecule has 0 atom stereocenters. The smallest absolute Gasteiger partial charge is 0.172 e. The molecule has 0 unspecified atom stereocenters. The summed E-state index contributed by atoms with van der Waals surface area (Å²) in [5, 5.41) is 0. The fourth-order valence-corrected chi connectivity index (χ4v) is 2.99. The summed E-state index contributed by atoms with van der Waals surface area (Å²) >= 11 is 1.46. The van der Waals surface area contributed by atoms with Crippen molar-refractivity contribution in [3.05, 3.63) is 132 Å². The second kappa shape index (κ2) is 15.5. The summed E-state index contributed by atoms with van der Waals surface area (Å²) < 4.78 is 1.42. The van der Waals surface area contributed by atoms with Crippen LogP contribution in [0.5, 0.6) is 0 Å². The average molecular weight is 473 g/mol. The quantitative estimate of drug-likeness (QED) is 0.359. The van der Waals surface area contributed by atoms with Crippen molar-refractivity contribution in [1.82, 2.24) is 0 Å². The maximum Gasteiger partial charge on any atom is -0.172 e. The molecule has 0 aromatic heterocycles. The van der Waals surface area contributed by atoms with E-state index in [1.54, 1.807) is 0 Å². The van der Waals surface area contributed by atoms with Crippen molar-refractivity contribution < 1.29 is 49.0 Å². The van der Waals surface area contributed by atoms with Gasteiger partial charge in [-0.05, 0) is 0 Å². The van der Waals surface area contributed by atoms with Gasteiger partial charge < -0.3 is 24.8 Å². The molecule has 0 spiro atoms. The van der Waals surface area contributed by atoms with E-state index in [0.717, 1.165) is 0 Å². The van der Waals surface area contributed by atoms with E-state index < -0.39 is 0 Å². The minimum atomic E-state index is 0. The van der Waals surface area contributed by atoms with E-state index in [9.17, 15) is 0 Å². The van der Waals surface area contributed by atoms with Gasteiger partial charge in [0.15, 0.2) is 0 Å². The first-order chi connectivity index (χ1) is 12.3. The number of hydrogen-bond acceptors (Lipinski definition) is 0. The van der Waals surface area contributed by atoms with Crippen LogP contribution >= 0.6 is 0 Å². The van der Waals surface area contributed by atoms with Gasteiger partial charge in [0.2, 0.25) is 0 Å². The molecular formula is C24H22Cl2Zr-2. The Bertz CT molecular complexity index is 747. The Labute approximate surface area is 190 Å². The molecule has 0 nitrogen and oxygen atoms in total. The van der Waals surface area contributed by atoms with Crippen LogP contribution in [0.15, 0.2) is 115 Å². The van der Waals surface area contributed by atoms with Crippen LogP contribution in [0.4, 0.5) is 0 Å². The molecule has 0 aliphatic rings. The third-order valence-corrected chi connectivity index (χ3v) is 4.93. The molecule has 0 radical (unpaired) electrons. The van der Waals surface area contributed by atoms with E-state index >= 15 is 0 Å². The Morgan fingerprint density at radius 2 is 1.07 bits per heavy atom. The summed E-state index contributed by atoms with van der Waals surface area (Å²) in [5.41, 5.74) is 4.00. The molecule has 27 heavy (non-hydrogen) atoms. The van der Waals surface area contributed by atoms with Gasteiger partial charge in [-0.25, -0.2) is 24.3 Å². The Hall–Kier alpha value is -1.53. The Kier molecular flexibility index (Phi) is 14.6. The minimum absolute atomic E-state index is 0. The second-order valence-electron chi connectivity index (χ2n) is 5.53. The van der Waals surface area contributed by atoms with E-state index in [0.29, 0.717) is 0 Å². The fraction of sp³-hybridized carbons (Fsp3) is 0.0417. The second-order valence-corrected chi connectivity index (χ2v) is 6.76. The summed E-state index contributed by atoms with van der Waals surface area (Å²) in [6.45, 7) is 2.08. The van der Waals surface area contributed by atoms with Gasteiger partial charge in [0.25, 0.3) is 0 Å². The molecule has 0 heterocycles. The largest absolute Gasteiger partial charge is 0.214 e. The first kappa shape index (κ1) is 25.5. The standard InChI is InChI=1S/C13H10.C6H7.C5H5.2ClH.Zr/c1-3-7-12(8-4-1)11-13-9-5-2-6-10-13;1-6-4-2-3-5-6;1-2-4-5-3-1;;;/h1-10H;2-5H,1H3;1-5H;2*1H;/q;2*-1;;;+2/p-2. The van der Waals surface area contributed by atoms with Gasteiger partial charge in [0.05, 0.1) is 0 Å². The van der Waals surface area contributed by atoms with Gasteiger partial charge in [-0.2, -0.15) is 35.9 Å². The van der Waals surface area contributed by atoms with Crippen LogP contribution in [0.3, 0.4) is 0 Å². The Morgan fingerprint density at radius 1 is 0.667 bits per heavy atom. The number of benzene rings is 2. The molecule has 0 saturated heterocycles. The van der Waals surface area contributed by atoms with Gasteiger partial charge in [0, 0.05) is 0 Å². The van der Waals surface area contributed by atoms with E-state index in [2.05, 4.69) is 79.7 Å². The minimum Gasteiger partial charge on any atom is -0.214 e. The van der Waals surface area contributed by atoms with Crippen LogP contribution in [-0.4, -0.2) is 3.21 Å². The van der Waals surface area contributed by atoms with Crippen molar-refractivity contribution in [2.45, 2.75) is 6.92 Å². The topological polar surface area (TPSA) is 0 Å². The number of hydrogen-bond donors (Lipinski definition) is 0. The first-order valence-corrected chi connectivity index (χ1v) is 9.54. The summed E-state index contributed by atoms with van der Waals surface area (Å²) in [5.74, 6) is 0. The zero-order valence-corrected chi connectivity index (χ0v) is 19.2. The third-order valence-electron chi connectivity index (χ3n) is 3.51. The van der Waals surface area contributed by atoms with E-state index in [4.69, 9.17) is 0 Å². The monoisotopic (exact) mass is 470 g/mol. The molecule has 4 rings (SSSR count). The maximum atomic E-state index is 2.16. The Morgan fingerprint density at radius 3 is 1.33 bits per heavy atom. The maximum absolute atomic E-state index is 2.16. The molecule has 0 N–H and O–H groups in total. The van der Waals surface area contributed by atoms with Crippen molar-refractivity contribution in [3.63, 3.8) is 0 Å². The molecule has 0 aliphatic heterocycles. The van der Waals surface area contributed by atoms with E-state index in [1.165, 1.54) is 44.1 Å². The molecular weight excluding hydrogens is 450 g/mol. The van der Waals surface area contributed by atoms with Crippen LogP contribution in [-0.2, 0) is 24.2 Å². The summed E-state index contributed by atoms with van der Waals surface area (Å²) in [6.07, 6.45) is 0. The van der Waals surface area contributed by atoms with Crippen LogP contribution in [0.25, 0.3) is 0 Å². The summed E-state index contributed by atoms with van der Waals surface area (Å²) in [7, 11) is 0. The fourth-order valence-electron chi connectivity index (χ4n) is 2.17. The van der Waals surface area contributed by atoms with Crippen molar-refractivity contribution in [3.8, 4) is 0 Å². The molecule has 3 heteroatoms. The van der Waals surface area contributed by atoms with Crippen molar-refractivity contribution >= 4 is 3.21 Å². The zero-order valence-electron chi connectivity index (χ0n) is 15.2. The normalized spacial score (nSPS) is 8.56. The molecule has 138 valence electrons. The van der Waals surface area contributed by atoms with Crippen molar-refractivity contribution in [1.29, 1.82) is 0 Å². The molecule has 4 aromatic rings. The van der Waals surface area contributed by atoms with Crippen LogP contribution in [0, 0.1) is 6.92 Å². The van der Waals surface area contributed by atoms with E-state index in [1.807, 2.05) is 42.5 Å². The number of aryl methyl sites for hydroxylation is 1. The van der Waals surface area contributed by atoms with Crippen molar-refractivity contribution in [2.24, 2.45) is 0 Å². The molecule has 0 amide bonds. The van der Waals surface area contributed by atoms with Gasteiger partial charge in [-0.15, -0.1) is 0 Å². The van der Waals surface area contributed by atoms with Gasteiger partial charge in [-0.3, -0.25) is 0 Å². The molecule has 0 bridgehead atoms. The molecule has 0 fully saturated rings. The Balaban J connectivity index is 0.000000433. The van der Waals surface area contributed by atoms with Gasteiger partial charge in [-0.1, -0.05) is 6.92 Å². The van der Waals surface area contributed by atoms with Crippen molar-refractivity contribution in [2.75, 3.05) is 0 Å². The van der Waals surface area contributed by atoms with Crippen LogP contribution < -0.4 is 24.8 Å². The zero-order chi connectivity index (χ0) is 17.7. The van der Waals surface area contributed by atoms with Crippen LogP contribution in [0.1, 0.15) is 16.7 Å². The van der Waals surface area contributed by atoms with Gasteiger partial charge >= 0.3 is 99.2 Å². The molecule has 4 aromatic carbocycles. The number of rotatable bonds is 2. The summed E-state index contributed by atoms with van der Waals surface area (Å²) in [6, 6.07) is 39.3. The predicted octanol–water partition coefficient (Wildman–Crippen LogP) is -0.0704. The van der Waals surface area contributed by atoms with Crippen LogP contribution in [0.2, 0.25) is 0 Å². The predicted molar refractivity (Wildman–Crippen MR) is 105 cm³/mol. The first-order valence-electron chi connectivity index (χ1n) is 8.32. The SMILES string of the molecule is C[c-]1cccc1.[Cl-].[Cl-].[Zr+2]=[C](c1ccccc1)c1ccccc1.c1cc[cH-]c1.